The Morgan fingerprint density at radius 1 is 1.24 bits per heavy atom. The zero-order chi connectivity index (χ0) is 15.0. The van der Waals surface area contributed by atoms with Crippen molar-refractivity contribution in [3.8, 4) is 0 Å². The first-order valence-corrected chi connectivity index (χ1v) is 7.07. The van der Waals surface area contributed by atoms with Crippen molar-refractivity contribution in [1.82, 2.24) is 4.98 Å². The molecule has 5 heteroatoms. The first-order chi connectivity index (χ1) is 10.1. The van der Waals surface area contributed by atoms with E-state index < -0.39 is 0 Å². The molecule has 2 N–H and O–H groups in total. The number of nitrogens with two attached hydrogens (primary N) is 1. The van der Waals surface area contributed by atoms with Crippen LogP contribution in [0.15, 0.2) is 46.9 Å². The van der Waals surface area contributed by atoms with Crippen molar-refractivity contribution in [2.75, 3.05) is 17.7 Å². The minimum Gasteiger partial charge on any atom is -0.423 e. The Morgan fingerprint density at radius 2 is 2.00 bits per heavy atom. The predicted molar refractivity (Wildman–Crippen MR) is 86.7 cm³/mol. The van der Waals surface area contributed by atoms with Crippen LogP contribution in [0.4, 0.5) is 11.7 Å². The van der Waals surface area contributed by atoms with Crippen LogP contribution in [0.1, 0.15) is 18.5 Å². The third-order valence-electron chi connectivity index (χ3n) is 3.64. The Morgan fingerprint density at radius 3 is 2.76 bits per heavy atom. The van der Waals surface area contributed by atoms with Crippen LogP contribution < -0.4 is 10.6 Å². The van der Waals surface area contributed by atoms with Gasteiger partial charge in [-0.2, -0.15) is 4.98 Å². The Labute approximate surface area is 128 Å². The van der Waals surface area contributed by atoms with Crippen LogP contribution in [0.5, 0.6) is 0 Å². The number of nitrogens with zero attached hydrogens (tertiary/aromatic N) is 2. The van der Waals surface area contributed by atoms with Gasteiger partial charge in [-0.05, 0) is 30.7 Å². The summed E-state index contributed by atoms with van der Waals surface area (Å²) < 4.78 is 5.78. The van der Waals surface area contributed by atoms with Crippen molar-refractivity contribution in [2.45, 2.75) is 13.0 Å². The van der Waals surface area contributed by atoms with E-state index in [2.05, 4.69) is 11.9 Å². The molecule has 1 unspecified atom stereocenters. The molecule has 0 bridgehead atoms. The van der Waals surface area contributed by atoms with Crippen LogP contribution in [0.25, 0.3) is 11.1 Å². The molecule has 4 nitrogen and oxygen atoms in total. The highest BCUT2D eigenvalue weighted by atomic mass is 35.5. The van der Waals surface area contributed by atoms with E-state index in [4.69, 9.17) is 21.8 Å². The highest BCUT2D eigenvalue weighted by Crippen LogP contribution is 2.31. The summed E-state index contributed by atoms with van der Waals surface area (Å²) in [6.07, 6.45) is 0. The third kappa shape index (κ3) is 2.54. The van der Waals surface area contributed by atoms with E-state index in [0.29, 0.717) is 17.3 Å². The van der Waals surface area contributed by atoms with E-state index in [1.54, 1.807) is 6.07 Å². The zero-order valence-electron chi connectivity index (χ0n) is 11.9. The molecule has 0 aliphatic heterocycles. The highest BCUT2D eigenvalue weighted by Gasteiger charge is 2.19. The third-order valence-corrected chi connectivity index (χ3v) is 3.98. The first-order valence-electron chi connectivity index (χ1n) is 6.69. The van der Waals surface area contributed by atoms with Crippen molar-refractivity contribution in [2.24, 2.45) is 0 Å². The normalized spacial score (nSPS) is 12.5. The van der Waals surface area contributed by atoms with Gasteiger partial charge in [0.15, 0.2) is 5.58 Å². The molecule has 3 aromatic rings. The molecule has 0 radical (unpaired) electrons. The molecular weight excluding hydrogens is 286 g/mol. The fraction of sp³-hybridized carbons (Fsp3) is 0.188. The number of nitrogen functional groups attached to an aromatic ring is 1. The number of aromatic nitrogens is 1. The second kappa shape index (κ2) is 5.30. The maximum Gasteiger partial charge on any atom is 0.298 e. The maximum atomic E-state index is 6.26. The van der Waals surface area contributed by atoms with Crippen molar-refractivity contribution in [3.63, 3.8) is 0 Å². The molecule has 3 rings (SSSR count). The zero-order valence-corrected chi connectivity index (χ0v) is 12.6. The summed E-state index contributed by atoms with van der Waals surface area (Å²) in [5.74, 6) is 0. The minimum absolute atomic E-state index is 0.0455. The summed E-state index contributed by atoms with van der Waals surface area (Å²) in [5, 5.41) is 0.734. The fourth-order valence-electron chi connectivity index (χ4n) is 2.27. The predicted octanol–water partition coefficient (Wildman–Crippen LogP) is 4.26. The van der Waals surface area contributed by atoms with Crippen molar-refractivity contribution in [1.29, 1.82) is 0 Å². The number of rotatable bonds is 3. The van der Waals surface area contributed by atoms with E-state index in [0.717, 1.165) is 16.1 Å². The molecule has 1 heterocycles. The number of anilines is 2. The molecule has 2 aromatic carbocycles. The Hall–Kier alpha value is -2.20. The van der Waals surface area contributed by atoms with Crippen LogP contribution >= 0.6 is 11.6 Å². The van der Waals surface area contributed by atoms with Gasteiger partial charge in [-0.15, -0.1) is 0 Å². The van der Waals surface area contributed by atoms with E-state index in [9.17, 15) is 0 Å². The van der Waals surface area contributed by atoms with E-state index >= 15 is 0 Å². The molecular formula is C16H16ClN3O. The second-order valence-electron chi connectivity index (χ2n) is 5.03. The van der Waals surface area contributed by atoms with Crippen molar-refractivity contribution >= 4 is 34.4 Å². The molecule has 0 fully saturated rings. The van der Waals surface area contributed by atoms with Crippen molar-refractivity contribution in [3.05, 3.63) is 53.1 Å². The van der Waals surface area contributed by atoms with Gasteiger partial charge in [0.2, 0.25) is 0 Å². The van der Waals surface area contributed by atoms with E-state index in [1.165, 1.54) is 0 Å². The lowest BCUT2D eigenvalue weighted by atomic mass is 10.1. The molecule has 0 aliphatic rings. The van der Waals surface area contributed by atoms with Gasteiger partial charge in [-0.1, -0.05) is 29.8 Å². The Balaban J connectivity index is 1.96. The van der Waals surface area contributed by atoms with Gasteiger partial charge in [-0.3, -0.25) is 0 Å². The number of halogens is 1. The summed E-state index contributed by atoms with van der Waals surface area (Å²) in [6, 6.07) is 13.8. The standard InChI is InChI=1S/C16H16ClN3O/c1-10(12-5-3-4-6-13(12)17)20(2)16-19-14-8-7-11(18)9-15(14)21-16/h3-10H,18H2,1-2H3. The summed E-state index contributed by atoms with van der Waals surface area (Å²) in [6.45, 7) is 2.06. The van der Waals surface area contributed by atoms with Gasteiger partial charge in [0.1, 0.15) is 5.52 Å². The summed E-state index contributed by atoms with van der Waals surface area (Å²) in [4.78, 5) is 6.45. The SMILES string of the molecule is CC(c1ccccc1Cl)N(C)c1nc2ccc(N)cc2o1. The average Bonchev–Trinajstić information content (AvgIpc) is 2.89. The number of oxazole rings is 1. The van der Waals surface area contributed by atoms with Crippen LogP contribution in [0.3, 0.4) is 0 Å². The van der Waals surface area contributed by atoms with Gasteiger partial charge in [-0.25, -0.2) is 0 Å². The van der Waals surface area contributed by atoms with Gasteiger partial charge in [0.25, 0.3) is 6.01 Å². The van der Waals surface area contributed by atoms with Gasteiger partial charge in [0.05, 0.1) is 6.04 Å². The lowest BCUT2D eigenvalue weighted by Gasteiger charge is -2.24. The molecule has 0 saturated heterocycles. The van der Waals surface area contributed by atoms with Gasteiger partial charge < -0.3 is 15.1 Å². The lowest BCUT2D eigenvalue weighted by molar-refractivity contribution is 0.557. The van der Waals surface area contributed by atoms with Crippen LogP contribution in [0.2, 0.25) is 5.02 Å². The number of hydrogen-bond acceptors (Lipinski definition) is 4. The number of hydrogen-bond donors (Lipinski definition) is 1. The summed E-state index contributed by atoms with van der Waals surface area (Å²) in [7, 11) is 1.93. The molecule has 0 aliphatic carbocycles. The summed E-state index contributed by atoms with van der Waals surface area (Å²) >= 11 is 6.26. The quantitative estimate of drug-likeness (QED) is 0.734. The average molecular weight is 302 g/mol. The molecule has 1 atom stereocenters. The largest absolute Gasteiger partial charge is 0.423 e. The van der Waals surface area contributed by atoms with Crippen LogP contribution in [-0.4, -0.2) is 12.0 Å². The fourth-order valence-corrected chi connectivity index (χ4v) is 2.56. The first kappa shape index (κ1) is 13.8. The van der Waals surface area contributed by atoms with E-state index in [1.807, 2.05) is 48.3 Å². The second-order valence-corrected chi connectivity index (χ2v) is 5.44. The monoisotopic (exact) mass is 301 g/mol. The molecule has 0 saturated carbocycles. The number of benzene rings is 2. The lowest BCUT2D eigenvalue weighted by Crippen LogP contribution is -2.22. The topological polar surface area (TPSA) is 55.3 Å². The Kier molecular flexibility index (Phi) is 3.47. The molecule has 21 heavy (non-hydrogen) atoms. The molecule has 1 aromatic heterocycles. The number of fused-ring (bicyclic) bond motifs is 1. The molecule has 0 amide bonds. The maximum absolute atomic E-state index is 6.26. The van der Waals surface area contributed by atoms with Gasteiger partial charge >= 0.3 is 0 Å². The smallest absolute Gasteiger partial charge is 0.298 e. The molecule has 0 spiro atoms. The minimum atomic E-state index is 0.0455. The van der Waals surface area contributed by atoms with Gasteiger partial charge in [0, 0.05) is 23.8 Å². The Bertz CT molecular complexity index is 784. The van der Waals surface area contributed by atoms with Crippen molar-refractivity contribution < 1.29 is 4.42 Å². The summed E-state index contributed by atoms with van der Waals surface area (Å²) in [5.41, 5.74) is 8.92. The molecule has 108 valence electrons. The highest BCUT2D eigenvalue weighted by molar-refractivity contribution is 6.31. The van der Waals surface area contributed by atoms with Crippen LogP contribution in [-0.2, 0) is 0 Å². The van der Waals surface area contributed by atoms with E-state index in [-0.39, 0.29) is 6.04 Å². The van der Waals surface area contributed by atoms with Crippen LogP contribution in [0, 0.1) is 0 Å².